The van der Waals surface area contributed by atoms with Crippen LogP contribution in [0.15, 0.2) is 60.7 Å². The van der Waals surface area contributed by atoms with Gasteiger partial charge in [0.05, 0.1) is 0 Å². The van der Waals surface area contributed by atoms with Crippen LogP contribution in [0.25, 0.3) is 10.8 Å². The zero-order valence-corrected chi connectivity index (χ0v) is 28.1. The average Bonchev–Trinajstić information content (AvgIpc) is 3.52. The first-order valence-corrected chi connectivity index (χ1v) is 17.1. The second-order valence-electron chi connectivity index (χ2n) is 12.8. The molecule has 12 heteroatoms. The number of aliphatic carboxylic acids is 1. The van der Waals surface area contributed by atoms with Gasteiger partial charge in [0.2, 0.25) is 17.7 Å². The van der Waals surface area contributed by atoms with Crippen molar-refractivity contribution in [1.82, 2.24) is 15.5 Å². The Morgan fingerprint density at radius 3 is 2.12 bits per heavy atom. The summed E-state index contributed by atoms with van der Waals surface area (Å²) in [4.78, 5) is 66.9. The number of carboxylic acids is 1. The lowest BCUT2D eigenvalue weighted by Crippen LogP contribution is -2.52. The first kappa shape index (κ1) is 35.2. The number of halogens is 2. The zero-order chi connectivity index (χ0) is 34.3. The molecule has 10 nitrogen and oxygen atoms in total. The van der Waals surface area contributed by atoms with Crippen LogP contribution in [0.4, 0.5) is 5.69 Å². The fourth-order valence-corrected chi connectivity index (χ4v) is 7.39. The van der Waals surface area contributed by atoms with Crippen LogP contribution < -0.4 is 16.0 Å². The second-order valence-corrected chi connectivity index (χ2v) is 13.7. The number of nitrogens with zero attached hydrogens (tertiary/aromatic N) is 1. The molecule has 4 amide bonds. The SMILES string of the molecule is O=C(O)CC[C@@H](NC(=O)CC[C@@H](NC(=O)c1cc(Cl)cc(Cl)c1)C(=O)N1CCC2(CCCC2)CC1)C(=O)Nc1cccc2ccccc12. The highest BCUT2D eigenvalue weighted by Crippen LogP contribution is 2.46. The first-order valence-electron chi connectivity index (χ1n) is 16.4. The number of carbonyl (C=O) groups excluding carboxylic acids is 4. The molecule has 2 fully saturated rings. The number of nitrogens with one attached hydrogen (secondary N) is 3. The molecule has 1 aliphatic heterocycles. The standard InChI is InChI=1S/C36H40Cl2N4O6/c37-25-20-24(21-26(38)22-25)33(46)41-30(35(48)42-18-16-36(17-19-42)14-3-4-15-36)10-12-31(43)39-29(11-13-32(44)45)34(47)40-28-9-5-7-23-6-1-2-8-27(23)28/h1-2,5-9,20-22,29-30H,3-4,10-19H2,(H,39,43)(H,40,47)(H,41,46)(H,44,45)/t29-,30-/m1/s1. The summed E-state index contributed by atoms with van der Waals surface area (Å²) in [6, 6.07) is 15.1. The van der Waals surface area contributed by atoms with Gasteiger partial charge in [0.25, 0.3) is 5.91 Å². The minimum Gasteiger partial charge on any atom is -0.481 e. The summed E-state index contributed by atoms with van der Waals surface area (Å²) in [5.74, 6) is -3.07. The van der Waals surface area contributed by atoms with E-state index in [2.05, 4.69) is 16.0 Å². The van der Waals surface area contributed by atoms with Crippen molar-refractivity contribution in [3.05, 3.63) is 76.3 Å². The largest absolute Gasteiger partial charge is 0.481 e. The van der Waals surface area contributed by atoms with Gasteiger partial charge in [0, 0.05) is 52.6 Å². The van der Waals surface area contributed by atoms with Gasteiger partial charge in [-0.15, -0.1) is 0 Å². The summed E-state index contributed by atoms with van der Waals surface area (Å²) in [5.41, 5.74) is 0.991. The predicted octanol–water partition coefficient (Wildman–Crippen LogP) is 6.20. The van der Waals surface area contributed by atoms with E-state index in [1.165, 1.54) is 43.9 Å². The molecule has 2 aliphatic rings. The van der Waals surface area contributed by atoms with Crippen molar-refractivity contribution in [2.45, 2.75) is 76.3 Å². The normalized spacial score (nSPS) is 16.7. The smallest absolute Gasteiger partial charge is 0.303 e. The maximum Gasteiger partial charge on any atom is 0.303 e. The highest BCUT2D eigenvalue weighted by molar-refractivity contribution is 6.35. The van der Waals surface area contributed by atoms with E-state index in [0.717, 1.165) is 23.6 Å². The number of likely N-dealkylation sites (tertiary alicyclic amines) is 1. The Morgan fingerprint density at radius 1 is 0.792 bits per heavy atom. The lowest BCUT2D eigenvalue weighted by molar-refractivity contribution is -0.138. The van der Waals surface area contributed by atoms with Gasteiger partial charge in [-0.05, 0) is 73.6 Å². The number of carbonyl (C=O) groups is 5. The number of piperidine rings is 1. The van der Waals surface area contributed by atoms with E-state index < -0.39 is 35.8 Å². The lowest BCUT2D eigenvalue weighted by atomic mass is 9.77. The molecule has 1 saturated heterocycles. The number of rotatable bonds is 12. The number of hydrogen-bond acceptors (Lipinski definition) is 5. The molecule has 254 valence electrons. The molecule has 5 rings (SSSR count). The van der Waals surface area contributed by atoms with Crippen LogP contribution in [-0.4, -0.2) is 64.8 Å². The van der Waals surface area contributed by atoms with Crippen molar-refractivity contribution in [2.75, 3.05) is 18.4 Å². The minimum atomic E-state index is -1.14. The van der Waals surface area contributed by atoms with Gasteiger partial charge in [-0.25, -0.2) is 0 Å². The molecule has 4 N–H and O–H groups in total. The summed E-state index contributed by atoms with van der Waals surface area (Å²) >= 11 is 12.2. The number of fused-ring (bicyclic) bond motifs is 1. The Bertz CT molecular complexity index is 1660. The third-order valence-corrected chi connectivity index (χ3v) is 9.97. The summed E-state index contributed by atoms with van der Waals surface area (Å²) in [5, 5.41) is 19.8. The average molecular weight is 696 g/mol. The molecular formula is C36H40Cl2N4O6. The van der Waals surface area contributed by atoms with E-state index in [9.17, 15) is 29.1 Å². The van der Waals surface area contributed by atoms with E-state index in [1.807, 2.05) is 30.3 Å². The second kappa shape index (κ2) is 15.8. The number of benzene rings is 3. The Hall–Kier alpha value is -4.15. The van der Waals surface area contributed by atoms with Crippen LogP contribution in [0.3, 0.4) is 0 Å². The quantitative estimate of drug-likeness (QED) is 0.178. The molecule has 1 saturated carbocycles. The highest BCUT2D eigenvalue weighted by Gasteiger charge is 2.39. The summed E-state index contributed by atoms with van der Waals surface area (Å²) in [6.45, 7) is 1.15. The van der Waals surface area contributed by atoms with Crippen molar-refractivity contribution in [2.24, 2.45) is 5.41 Å². The molecule has 0 aromatic heterocycles. The summed E-state index contributed by atoms with van der Waals surface area (Å²) < 4.78 is 0. The molecule has 3 aromatic carbocycles. The molecule has 1 spiro atoms. The van der Waals surface area contributed by atoms with E-state index in [-0.39, 0.29) is 52.6 Å². The first-order chi connectivity index (χ1) is 23.0. The molecule has 0 radical (unpaired) electrons. The van der Waals surface area contributed by atoms with Crippen LogP contribution in [0.5, 0.6) is 0 Å². The van der Waals surface area contributed by atoms with Crippen molar-refractivity contribution < 1.29 is 29.1 Å². The van der Waals surface area contributed by atoms with Crippen molar-refractivity contribution in [3.8, 4) is 0 Å². The maximum atomic E-state index is 13.8. The monoisotopic (exact) mass is 694 g/mol. The molecule has 1 heterocycles. The number of hydrogen-bond donors (Lipinski definition) is 4. The van der Waals surface area contributed by atoms with Gasteiger partial charge >= 0.3 is 5.97 Å². The fourth-order valence-electron chi connectivity index (χ4n) is 6.86. The van der Waals surface area contributed by atoms with Crippen LogP contribution in [0.2, 0.25) is 10.0 Å². The Kier molecular flexibility index (Phi) is 11.6. The predicted molar refractivity (Wildman–Crippen MR) is 185 cm³/mol. The Balaban J connectivity index is 1.27. The Morgan fingerprint density at radius 2 is 1.44 bits per heavy atom. The lowest BCUT2D eigenvalue weighted by Gasteiger charge is -2.40. The zero-order valence-electron chi connectivity index (χ0n) is 26.6. The van der Waals surface area contributed by atoms with Crippen LogP contribution >= 0.6 is 23.2 Å². The van der Waals surface area contributed by atoms with Crippen LogP contribution in [0, 0.1) is 5.41 Å². The van der Waals surface area contributed by atoms with Crippen LogP contribution in [-0.2, 0) is 19.2 Å². The number of amides is 4. The van der Waals surface area contributed by atoms with Crippen molar-refractivity contribution in [1.29, 1.82) is 0 Å². The third kappa shape index (κ3) is 9.05. The van der Waals surface area contributed by atoms with Gasteiger partial charge in [0.15, 0.2) is 0 Å². The summed E-state index contributed by atoms with van der Waals surface area (Å²) in [6.07, 6.45) is 5.84. The van der Waals surface area contributed by atoms with E-state index in [0.29, 0.717) is 18.8 Å². The molecular weight excluding hydrogens is 655 g/mol. The fraction of sp³-hybridized carbons (Fsp3) is 0.417. The van der Waals surface area contributed by atoms with Gasteiger partial charge in [-0.1, -0.05) is 72.4 Å². The van der Waals surface area contributed by atoms with Crippen LogP contribution in [0.1, 0.15) is 74.6 Å². The number of anilines is 1. The van der Waals surface area contributed by atoms with E-state index in [1.54, 1.807) is 17.0 Å². The van der Waals surface area contributed by atoms with Crippen molar-refractivity contribution in [3.63, 3.8) is 0 Å². The van der Waals surface area contributed by atoms with Crippen molar-refractivity contribution >= 4 is 69.3 Å². The molecule has 3 aromatic rings. The molecule has 2 atom stereocenters. The van der Waals surface area contributed by atoms with Gasteiger partial charge < -0.3 is 26.0 Å². The third-order valence-electron chi connectivity index (χ3n) is 9.53. The Labute approximate surface area is 289 Å². The molecule has 0 bridgehead atoms. The topological polar surface area (TPSA) is 145 Å². The number of carboxylic acid groups (broad SMARTS) is 1. The van der Waals surface area contributed by atoms with Gasteiger partial charge in [-0.2, -0.15) is 0 Å². The highest BCUT2D eigenvalue weighted by atomic mass is 35.5. The van der Waals surface area contributed by atoms with E-state index >= 15 is 0 Å². The van der Waals surface area contributed by atoms with E-state index in [4.69, 9.17) is 23.2 Å². The van der Waals surface area contributed by atoms with Gasteiger partial charge in [-0.3, -0.25) is 24.0 Å². The molecule has 0 unspecified atom stereocenters. The van der Waals surface area contributed by atoms with Gasteiger partial charge in [0.1, 0.15) is 12.1 Å². The maximum absolute atomic E-state index is 13.8. The molecule has 48 heavy (non-hydrogen) atoms. The summed E-state index contributed by atoms with van der Waals surface area (Å²) in [7, 11) is 0. The molecule has 1 aliphatic carbocycles. The minimum absolute atomic E-state index is 0.0388.